The molecule has 1 fully saturated rings. The Morgan fingerprint density at radius 2 is 1.77 bits per heavy atom. The van der Waals surface area contributed by atoms with E-state index in [4.69, 9.17) is 28.0 Å². The van der Waals surface area contributed by atoms with Crippen molar-refractivity contribution in [1.29, 1.82) is 0 Å². The number of benzene rings is 3. The van der Waals surface area contributed by atoms with Gasteiger partial charge in [-0.1, -0.05) is 78.5 Å². The van der Waals surface area contributed by atoms with Crippen molar-refractivity contribution in [3.63, 3.8) is 0 Å². The van der Waals surface area contributed by atoms with Gasteiger partial charge in [0.05, 0.1) is 18.3 Å². The molecule has 0 aromatic heterocycles. The fourth-order valence-corrected chi connectivity index (χ4v) is 7.47. The van der Waals surface area contributed by atoms with E-state index in [1.807, 2.05) is 0 Å². The number of carbonyl (C=O) groups is 2. The highest BCUT2D eigenvalue weighted by Gasteiger charge is 2.47. The molecule has 13 heteroatoms. The van der Waals surface area contributed by atoms with E-state index >= 15 is 0 Å². The van der Waals surface area contributed by atoms with Crippen LogP contribution in [-0.2, 0) is 21.5 Å². The summed E-state index contributed by atoms with van der Waals surface area (Å²) in [5, 5.41) is 29.7. The molecule has 1 aliphatic carbocycles. The number of halogens is 2. The predicted octanol–water partition coefficient (Wildman–Crippen LogP) is 3.39. The maximum atomic E-state index is 14.3. The lowest BCUT2D eigenvalue weighted by Crippen LogP contribution is -2.59. The van der Waals surface area contributed by atoms with Crippen molar-refractivity contribution in [2.24, 2.45) is 5.16 Å². The second-order valence-corrected chi connectivity index (χ2v) is 13.6. The van der Waals surface area contributed by atoms with Crippen LogP contribution < -0.4 is 14.9 Å². The van der Waals surface area contributed by atoms with E-state index in [0.29, 0.717) is 34.6 Å². The van der Waals surface area contributed by atoms with Crippen molar-refractivity contribution in [2.45, 2.75) is 56.3 Å². The summed E-state index contributed by atoms with van der Waals surface area (Å²) >= 11 is 12.9. The minimum atomic E-state index is -3.62. The Morgan fingerprint density at radius 3 is 2.50 bits per heavy atom. The Bertz CT molecular complexity index is 1720. The zero-order valence-corrected chi connectivity index (χ0v) is 25.9. The summed E-state index contributed by atoms with van der Waals surface area (Å²) < 4.78 is 27.4. The van der Waals surface area contributed by atoms with Gasteiger partial charge >= 0.3 is 0 Å². The van der Waals surface area contributed by atoms with E-state index in [-0.39, 0.29) is 28.7 Å². The maximum absolute atomic E-state index is 14.3. The number of rotatable bonds is 9. The molecule has 232 valence electrons. The first kappa shape index (κ1) is 31.8. The van der Waals surface area contributed by atoms with E-state index in [2.05, 4.69) is 9.88 Å². The van der Waals surface area contributed by atoms with Crippen molar-refractivity contribution in [2.75, 3.05) is 6.26 Å². The summed E-state index contributed by atoms with van der Waals surface area (Å²) in [7, 11) is -3.62. The number of carboxylic acid groups (broad SMARTS) is 1. The molecule has 0 bridgehead atoms. The first-order valence-electron chi connectivity index (χ1n) is 14.0. The van der Waals surface area contributed by atoms with Gasteiger partial charge in [0.2, 0.25) is 10.0 Å². The van der Waals surface area contributed by atoms with Crippen LogP contribution in [0.3, 0.4) is 0 Å². The van der Waals surface area contributed by atoms with Gasteiger partial charge in [-0.2, -0.15) is 0 Å². The average Bonchev–Trinajstić information content (AvgIpc) is 2.97. The lowest BCUT2D eigenvalue weighted by molar-refractivity contribution is -0.255. The highest BCUT2D eigenvalue weighted by atomic mass is 35.5. The molecule has 0 radical (unpaired) electrons. The smallest absolute Gasteiger partial charge is 0.255 e. The summed E-state index contributed by atoms with van der Waals surface area (Å²) in [6.45, 7) is -0.195. The number of fused-ring (bicyclic) bond motifs is 1. The highest BCUT2D eigenvalue weighted by molar-refractivity contribution is 7.88. The summed E-state index contributed by atoms with van der Waals surface area (Å²) in [6.07, 6.45) is 3.58. The Balaban J connectivity index is 1.61. The zero-order chi connectivity index (χ0) is 31.6. The van der Waals surface area contributed by atoms with E-state index in [9.17, 15) is 28.2 Å². The zero-order valence-electron chi connectivity index (χ0n) is 23.6. The monoisotopic (exact) mass is 657 g/mol. The summed E-state index contributed by atoms with van der Waals surface area (Å²) in [5.41, 5.74) is 1.56. The van der Waals surface area contributed by atoms with Crippen LogP contribution in [0.2, 0.25) is 10.0 Å². The first-order valence-corrected chi connectivity index (χ1v) is 16.6. The molecule has 10 nitrogen and oxygen atoms in total. The number of carboxylic acids is 1. The highest BCUT2D eigenvalue weighted by Crippen LogP contribution is 2.47. The minimum absolute atomic E-state index is 0.0463. The molecule has 1 saturated carbocycles. The fraction of sp³-hybridized carbons (Fsp3) is 0.323. The second kappa shape index (κ2) is 13.2. The van der Waals surface area contributed by atoms with Crippen LogP contribution in [0.15, 0.2) is 71.9 Å². The van der Waals surface area contributed by atoms with Crippen LogP contribution in [-0.4, -0.2) is 49.4 Å². The van der Waals surface area contributed by atoms with Gasteiger partial charge < -0.3 is 24.7 Å². The molecule has 4 atom stereocenters. The molecule has 5 rings (SSSR count). The normalized spacial score (nSPS) is 22.4. The van der Waals surface area contributed by atoms with Gasteiger partial charge in [-0.15, -0.1) is 5.16 Å². The lowest BCUT2D eigenvalue weighted by atomic mass is 9.77. The van der Waals surface area contributed by atoms with Crippen molar-refractivity contribution in [3.05, 3.63) is 105 Å². The molecule has 44 heavy (non-hydrogen) atoms. The Labute approximate surface area is 265 Å². The summed E-state index contributed by atoms with van der Waals surface area (Å²) in [4.78, 5) is 32.5. The quantitative estimate of drug-likeness (QED) is 0.210. The minimum Gasteiger partial charge on any atom is -0.859 e. The van der Waals surface area contributed by atoms with Gasteiger partial charge in [0, 0.05) is 39.5 Å². The number of amides is 1. The topological polar surface area (TPSA) is 151 Å². The van der Waals surface area contributed by atoms with Gasteiger partial charge in [0.15, 0.2) is 0 Å². The largest absolute Gasteiger partial charge is 0.859 e. The predicted molar refractivity (Wildman–Crippen MR) is 162 cm³/mol. The third-order valence-corrected chi connectivity index (χ3v) is 9.22. The SMILES string of the molecule is CS(=O)(=O)N[C@@H]1CCCC[C@H]1N1C(=O)c2ccccc2[C@@H](/C([O-])=N\OCc2cccc(C(=O)[O-])c2)[C@@H]1c1ccc(Cl)cc1Cl. The lowest BCUT2D eigenvalue weighted by Gasteiger charge is -2.50. The molecule has 1 amide bonds. The van der Waals surface area contributed by atoms with Gasteiger partial charge in [0.1, 0.15) is 6.61 Å². The van der Waals surface area contributed by atoms with Gasteiger partial charge in [-0.25, -0.2) is 13.1 Å². The molecule has 1 heterocycles. The van der Waals surface area contributed by atoms with Crippen LogP contribution in [0.4, 0.5) is 0 Å². The van der Waals surface area contributed by atoms with Crippen LogP contribution in [0.5, 0.6) is 0 Å². The summed E-state index contributed by atoms with van der Waals surface area (Å²) in [5.74, 6) is -3.49. The number of carbonyl (C=O) groups excluding carboxylic acids is 2. The number of hydrogen-bond donors (Lipinski definition) is 1. The van der Waals surface area contributed by atoms with E-state index in [0.717, 1.165) is 19.1 Å². The van der Waals surface area contributed by atoms with E-state index < -0.39 is 45.9 Å². The number of aromatic carboxylic acids is 1. The van der Waals surface area contributed by atoms with E-state index in [1.54, 1.807) is 47.4 Å². The molecule has 0 saturated heterocycles. The van der Waals surface area contributed by atoms with Crippen LogP contribution in [0.25, 0.3) is 0 Å². The van der Waals surface area contributed by atoms with Gasteiger partial charge in [-0.3, -0.25) is 4.79 Å². The molecule has 3 aromatic carbocycles. The Morgan fingerprint density at radius 1 is 1.02 bits per heavy atom. The maximum Gasteiger partial charge on any atom is 0.255 e. The number of nitrogens with zero attached hydrogens (tertiary/aromatic N) is 2. The number of oxime groups is 1. The van der Waals surface area contributed by atoms with Crippen LogP contribution >= 0.6 is 23.2 Å². The Kier molecular flexibility index (Phi) is 9.50. The van der Waals surface area contributed by atoms with Crippen LogP contribution in [0, 0.1) is 0 Å². The second-order valence-electron chi connectivity index (χ2n) is 10.9. The van der Waals surface area contributed by atoms with Crippen LogP contribution in [0.1, 0.15) is 75.0 Å². The Hall–Kier alpha value is -3.64. The molecule has 3 aromatic rings. The van der Waals surface area contributed by atoms with Gasteiger partial charge in [0.25, 0.3) is 5.91 Å². The molecular formula is C31H29Cl2N3O7S-2. The molecule has 0 unspecified atom stereocenters. The van der Waals surface area contributed by atoms with Crippen molar-refractivity contribution >= 4 is 51.0 Å². The third kappa shape index (κ3) is 6.86. The molecule has 0 spiro atoms. The van der Waals surface area contributed by atoms with Crippen molar-refractivity contribution < 1.29 is 33.1 Å². The standard InChI is InChI=1S/C31H31Cl2N3O7S/c1-44(41,42)35-25-11-4-5-12-26(25)36-28(23-14-13-20(32)16-24(23)33)27(21-9-2-3-10-22(21)30(36)38)29(37)34-43-17-18-7-6-8-19(15-18)31(39)40/h2-3,6-10,13-16,25-28,35H,4-5,11-12,17H2,1H3,(H,34,37)(H,39,40)/p-2/t25-,26-,27-,28+/m1/s1. The molecule has 2 aliphatic rings. The fourth-order valence-electron chi connectivity index (χ4n) is 6.13. The molecule has 1 aliphatic heterocycles. The van der Waals surface area contributed by atoms with Crippen molar-refractivity contribution in [1.82, 2.24) is 9.62 Å². The number of nitrogens with one attached hydrogen (secondary N) is 1. The molecule has 1 N–H and O–H groups in total. The number of hydrogen-bond acceptors (Lipinski definition) is 8. The average molecular weight is 659 g/mol. The summed E-state index contributed by atoms with van der Waals surface area (Å²) in [6, 6.07) is 15.2. The van der Waals surface area contributed by atoms with Crippen molar-refractivity contribution in [3.8, 4) is 0 Å². The van der Waals surface area contributed by atoms with Gasteiger partial charge in [-0.05, 0) is 59.4 Å². The third-order valence-electron chi connectivity index (χ3n) is 7.92. The first-order chi connectivity index (χ1) is 20.9. The molecular weight excluding hydrogens is 629 g/mol. The van der Waals surface area contributed by atoms with E-state index in [1.165, 1.54) is 24.3 Å². The number of sulfonamides is 1.